The molecule has 0 unspecified atom stereocenters. The molecule has 1 heterocycles. The quantitative estimate of drug-likeness (QED) is 0.893. The summed E-state index contributed by atoms with van der Waals surface area (Å²) in [6, 6.07) is 9.98. The molecule has 1 aromatic heterocycles. The van der Waals surface area contributed by atoms with E-state index in [1.54, 1.807) is 0 Å². The molecule has 100 valence electrons. The summed E-state index contributed by atoms with van der Waals surface area (Å²) in [6.45, 7) is 6.68. The molecular formula is C15H17BrN2O. The topological polar surface area (TPSA) is 34.1 Å². The zero-order valence-electron chi connectivity index (χ0n) is 11.3. The van der Waals surface area contributed by atoms with E-state index in [1.807, 2.05) is 45.0 Å². The van der Waals surface area contributed by atoms with Crippen LogP contribution in [0.25, 0.3) is 0 Å². The number of aryl methyl sites for hydroxylation is 2. The van der Waals surface area contributed by atoms with E-state index >= 15 is 0 Å². The molecule has 2 aromatic rings. The Balaban J connectivity index is 2.19. The molecule has 0 bridgehead atoms. The highest BCUT2D eigenvalue weighted by atomic mass is 79.9. The van der Waals surface area contributed by atoms with Crippen molar-refractivity contribution in [2.75, 3.05) is 11.9 Å². The van der Waals surface area contributed by atoms with Gasteiger partial charge >= 0.3 is 0 Å². The van der Waals surface area contributed by atoms with Crippen molar-refractivity contribution in [1.29, 1.82) is 0 Å². The Morgan fingerprint density at radius 3 is 2.63 bits per heavy atom. The molecule has 0 atom stereocenters. The predicted molar refractivity (Wildman–Crippen MR) is 82.3 cm³/mol. The molecule has 0 aliphatic rings. The molecule has 3 nitrogen and oxygen atoms in total. The van der Waals surface area contributed by atoms with E-state index in [0.29, 0.717) is 6.61 Å². The molecular weight excluding hydrogens is 304 g/mol. The smallest absolute Gasteiger partial charge is 0.130 e. The van der Waals surface area contributed by atoms with Gasteiger partial charge < -0.3 is 10.1 Å². The van der Waals surface area contributed by atoms with E-state index in [9.17, 15) is 0 Å². The summed E-state index contributed by atoms with van der Waals surface area (Å²) in [5.74, 6) is 1.76. The van der Waals surface area contributed by atoms with Gasteiger partial charge in [-0.3, -0.25) is 0 Å². The predicted octanol–water partition coefficient (Wildman–Crippen LogP) is 4.60. The van der Waals surface area contributed by atoms with Crippen molar-refractivity contribution in [3.8, 4) is 5.75 Å². The number of aromatic nitrogens is 1. The van der Waals surface area contributed by atoms with Crippen LogP contribution in [0.4, 0.5) is 11.5 Å². The van der Waals surface area contributed by atoms with Gasteiger partial charge in [-0.2, -0.15) is 0 Å². The van der Waals surface area contributed by atoms with Crippen LogP contribution in [0.5, 0.6) is 5.75 Å². The van der Waals surface area contributed by atoms with Gasteiger partial charge in [-0.25, -0.2) is 4.98 Å². The molecule has 0 radical (unpaired) electrons. The highest BCUT2D eigenvalue weighted by Crippen LogP contribution is 2.25. The van der Waals surface area contributed by atoms with Crippen molar-refractivity contribution in [1.82, 2.24) is 4.98 Å². The van der Waals surface area contributed by atoms with Crippen molar-refractivity contribution in [3.63, 3.8) is 0 Å². The maximum absolute atomic E-state index is 5.53. The van der Waals surface area contributed by atoms with E-state index < -0.39 is 0 Å². The standard InChI is InChI=1S/C15H17BrN2O/c1-4-19-14-7-5-12(9-10(14)2)18-15-8-6-13(16)11(3)17-15/h5-9H,4H2,1-3H3,(H,17,18). The number of nitrogens with one attached hydrogen (secondary N) is 1. The van der Waals surface area contributed by atoms with Gasteiger partial charge in [0.2, 0.25) is 0 Å². The molecule has 2 rings (SSSR count). The third kappa shape index (κ3) is 3.47. The minimum atomic E-state index is 0.682. The fourth-order valence-corrected chi connectivity index (χ4v) is 2.03. The van der Waals surface area contributed by atoms with Crippen molar-refractivity contribution in [2.24, 2.45) is 0 Å². The van der Waals surface area contributed by atoms with Gasteiger partial charge in [0.25, 0.3) is 0 Å². The fourth-order valence-electron chi connectivity index (χ4n) is 1.81. The first-order valence-corrected chi connectivity index (χ1v) is 7.03. The normalized spacial score (nSPS) is 10.3. The van der Waals surface area contributed by atoms with Crippen LogP contribution >= 0.6 is 15.9 Å². The Kier molecular flexibility index (Phi) is 4.43. The monoisotopic (exact) mass is 320 g/mol. The number of ether oxygens (including phenoxy) is 1. The molecule has 0 spiro atoms. The number of rotatable bonds is 4. The maximum Gasteiger partial charge on any atom is 0.130 e. The SMILES string of the molecule is CCOc1ccc(Nc2ccc(Br)c(C)n2)cc1C. The lowest BCUT2D eigenvalue weighted by molar-refractivity contribution is 0.338. The molecule has 1 N–H and O–H groups in total. The molecule has 0 fully saturated rings. The summed E-state index contributed by atoms with van der Waals surface area (Å²) in [5, 5.41) is 3.29. The molecule has 0 saturated heterocycles. The van der Waals surface area contributed by atoms with Crippen LogP contribution < -0.4 is 10.1 Å². The van der Waals surface area contributed by atoms with Crippen molar-refractivity contribution >= 4 is 27.4 Å². The highest BCUT2D eigenvalue weighted by molar-refractivity contribution is 9.10. The van der Waals surface area contributed by atoms with Crippen molar-refractivity contribution in [3.05, 3.63) is 46.1 Å². The first-order chi connectivity index (χ1) is 9.10. The Bertz CT molecular complexity index is 584. The average Bonchev–Trinajstić information content (AvgIpc) is 2.37. The van der Waals surface area contributed by atoms with Crippen LogP contribution in [0.15, 0.2) is 34.8 Å². The Morgan fingerprint density at radius 2 is 2.00 bits per heavy atom. The molecule has 0 saturated carbocycles. The third-order valence-corrected chi connectivity index (χ3v) is 3.61. The lowest BCUT2D eigenvalue weighted by Crippen LogP contribution is -1.98. The van der Waals surface area contributed by atoms with Gasteiger partial charge in [-0.05, 0) is 72.6 Å². The van der Waals surface area contributed by atoms with Crippen LogP contribution in [0.3, 0.4) is 0 Å². The van der Waals surface area contributed by atoms with E-state index in [4.69, 9.17) is 4.74 Å². The van der Waals surface area contributed by atoms with Crippen LogP contribution in [0.2, 0.25) is 0 Å². The second-order valence-electron chi connectivity index (χ2n) is 4.30. The number of benzene rings is 1. The second kappa shape index (κ2) is 6.06. The van der Waals surface area contributed by atoms with Crippen LogP contribution in [-0.2, 0) is 0 Å². The minimum Gasteiger partial charge on any atom is -0.494 e. The first-order valence-electron chi connectivity index (χ1n) is 6.23. The lowest BCUT2D eigenvalue weighted by Gasteiger charge is -2.11. The van der Waals surface area contributed by atoms with Gasteiger partial charge in [-0.15, -0.1) is 0 Å². The number of anilines is 2. The summed E-state index contributed by atoms with van der Waals surface area (Å²) >= 11 is 3.45. The van der Waals surface area contributed by atoms with E-state index in [-0.39, 0.29) is 0 Å². The fraction of sp³-hybridized carbons (Fsp3) is 0.267. The van der Waals surface area contributed by atoms with Gasteiger partial charge in [0.15, 0.2) is 0 Å². The zero-order valence-corrected chi connectivity index (χ0v) is 12.9. The Morgan fingerprint density at radius 1 is 1.21 bits per heavy atom. The highest BCUT2D eigenvalue weighted by Gasteiger charge is 2.03. The van der Waals surface area contributed by atoms with Crippen molar-refractivity contribution < 1.29 is 4.74 Å². The zero-order chi connectivity index (χ0) is 13.8. The largest absolute Gasteiger partial charge is 0.494 e. The summed E-state index contributed by atoms with van der Waals surface area (Å²) in [4.78, 5) is 4.47. The second-order valence-corrected chi connectivity index (χ2v) is 5.16. The van der Waals surface area contributed by atoms with Crippen LogP contribution in [0, 0.1) is 13.8 Å². The maximum atomic E-state index is 5.53. The number of halogens is 1. The number of pyridine rings is 1. The number of hydrogen-bond donors (Lipinski definition) is 1. The molecule has 4 heteroatoms. The minimum absolute atomic E-state index is 0.682. The molecule has 1 aromatic carbocycles. The summed E-state index contributed by atoms with van der Waals surface area (Å²) in [7, 11) is 0. The van der Waals surface area contributed by atoms with E-state index in [2.05, 4.69) is 32.3 Å². The molecule has 0 aliphatic carbocycles. The van der Waals surface area contributed by atoms with Gasteiger partial charge in [0.05, 0.1) is 12.3 Å². The molecule has 0 amide bonds. The molecule has 0 aliphatic heterocycles. The summed E-state index contributed by atoms with van der Waals surface area (Å²) in [5.41, 5.74) is 3.09. The number of nitrogens with zero attached hydrogens (tertiary/aromatic N) is 1. The summed E-state index contributed by atoms with van der Waals surface area (Å²) < 4.78 is 6.54. The van der Waals surface area contributed by atoms with E-state index in [1.165, 1.54) is 0 Å². The van der Waals surface area contributed by atoms with Gasteiger partial charge in [0.1, 0.15) is 11.6 Å². The number of hydrogen-bond acceptors (Lipinski definition) is 3. The van der Waals surface area contributed by atoms with Gasteiger partial charge in [-0.1, -0.05) is 0 Å². The average molecular weight is 321 g/mol. The first kappa shape index (κ1) is 13.9. The lowest BCUT2D eigenvalue weighted by atomic mass is 10.2. The Hall–Kier alpha value is -1.55. The van der Waals surface area contributed by atoms with Crippen LogP contribution in [0.1, 0.15) is 18.2 Å². The van der Waals surface area contributed by atoms with E-state index in [0.717, 1.165) is 33.0 Å². The van der Waals surface area contributed by atoms with Crippen LogP contribution in [-0.4, -0.2) is 11.6 Å². The molecule has 19 heavy (non-hydrogen) atoms. The van der Waals surface area contributed by atoms with Crippen molar-refractivity contribution in [2.45, 2.75) is 20.8 Å². The van der Waals surface area contributed by atoms with Gasteiger partial charge in [0, 0.05) is 10.2 Å². The Labute approximate surface area is 122 Å². The summed E-state index contributed by atoms with van der Waals surface area (Å²) in [6.07, 6.45) is 0. The third-order valence-electron chi connectivity index (χ3n) is 2.77.